The summed E-state index contributed by atoms with van der Waals surface area (Å²) in [5.74, 6) is 0.968. The van der Waals surface area contributed by atoms with Crippen LogP contribution in [0.3, 0.4) is 0 Å². The van der Waals surface area contributed by atoms with Crippen molar-refractivity contribution < 1.29 is 5.21 Å². The van der Waals surface area contributed by atoms with E-state index in [2.05, 4.69) is 31.2 Å². The summed E-state index contributed by atoms with van der Waals surface area (Å²) in [6.45, 7) is 8.59. The van der Waals surface area contributed by atoms with Gasteiger partial charge in [0.1, 0.15) is 5.84 Å². The summed E-state index contributed by atoms with van der Waals surface area (Å²) in [6, 6.07) is 0.719. The molecular weight excluding hydrogens is 178 g/mol. The van der Waals surface area contributed by atoms with Crippen molar-refractivity contribution in [2.75, 3.05) is 0 Å². The molecule has 0 rings (SSSR count). The molecule has 4 nitrogen and oxygen atoms in total. The number of hydrogen-bond donors (Lipinski definition) is 3. The lowest BCUT2D eigenvalue weighted by Gasteiger charge is -2.20. The Balaban J connectivity index is 3.76. The van der Waals surface area contributed by atoms with Crippen molar-refractivity contribution in [3.63, 3.8) is 0 Å². The van der Waals surface area contributed by atoms with Crippen LogP contribution in [-0.4, -0.2) is 23.1 Å². The molecule has 0 bridgehead atoms. The van der Waals surface area contributed by atoms with E-state index in [-0.39, 0.29) is 11.9 Å². The van der Waals surface area contributed by atoms with Crippen molar-refractivity contribution in [3.05, 3.63) is 0 Å². The molecule has 0 spiro atoms. The van der Waals surface area contributed by atoms with E-state index in [4.69, 9.17) is 10.9 Å². The van der Waals surface area contributed by atoms with Crippen LogP contribution in [0, 0.1) is 5.92 Å². The van der Waals surface area contributed by atoms with Gasteiger partial charge < -0.3 is 16.3 Å². The quantitative estimate of drug-likeness (QED) is 0.264. The minimum Gasteiger partial charge on any atom is -0.409 e. The highest BCUT2D eigenvalue weighted by Crippen LogP contribution is 2.05. The van der Waals surface area contributed by atoms with E-state index in [1.54, 1.807) is 0 Å². The van der Waals surface area contributed by atoms with Gasteiger partial charge in [-0.25, -0.2) is 0 Å². The number of nitrogens with two attached hydrogens (primary N) is 1. The zero-order valence-corrected chi connectivity index (χ0v) is 9.62. The number of nitrogens with one attached hydrogen (secondary N) is 1. The Morgan fingerprint density at radius 2 is 1.86 bits per heavy atom. The largest absolute Gasteiger partial charge is 0.409 e. The molecule has 0 amide bonds. The first-order valence-corrected chi connectivity index (χ1v) is 5.18. The van der Waals surface area contributed by atoms with Gasteiger partial charge in [0.05, 0.1) is 0 Å². The molecule has 0 aliphatic rings. The average Bonchev–Trinajstić information content (AvgIpc) is 2.01. The van der Waals surface area contributed by atoms with Crippen LogP contribution in [-0.2, 0) is 0 Å². The summed E-state index contributed by atoms with van der Waals surface area (Å²) in [4.78, 5) is 0. The van der Waals surface area contributed by atoms with Gasteiger partial charge in [-0.1, -0.05) is 19.0 Å². The van der Waals surface area contributed by atoms with Crippen LogP contribution in [0.25, 0.3) is 0 Å². The monoisotopic (exact) mass is 201 g/mol. The molecule has 0 aliphatic carbocycles. The fourth-order valence-electron chi connectivity index (χ4n) is 1.67. The lowest BCUT2D eigenvalue weighted by atomic mass is 10.0. The van der Waals surface area contributed by atoms with E-state index < -0.39 is 0 Å². The normalized spacial score (nSPS) is 17.1. The highest BCUT2D eigenvalue weighted by Gasteiger charge is 2.10. The van der Waals surface area contributed by atoms with E-state index in [1.807, 2.05) is 6.92 Å². The first kappa shape index (κ1) is 13.2. The maximum atomic E-state index is 8.40. The van der Waals surface area contributed by atoms with Gasteiger partial charge in [-0.05, 0) is 26.2 Å². The number of amidine groups is 1. The summed E-state index contributed by atoms with van der Waals surface area (Å²) in [5, 5.41) is 14.8. The van der Waals surface area contributed by atoms with Crippen molar-refractivity contribution in [1.29, 1.82) is 0 Å². The molecule has 0 aliphatic heterocycles. The molecule has 84 valence electrons. The Hall–Kier alpha value is -0.770. The molecule has 0 saturated carbocycles. The van der Waals surface area contributed by atoms with Gasteiger partial charge in [-0.15, -0.1) is 0 Å². The first-order valence-electron chi connectivity index (χ1n) is 5.18. The molecule has 0 saturated heterocycles. The van der Waals surface area contributed by atoms with Gasteiger partial charge in [0.2, 0.25) is 0 Å². The maximum Gasteiger partial charge on any atom is 0.140 e. The molecule has 2 atom stereocenters. The van der Waals surface area contributed by atoms with Gasteiger partial charge in [-0.2, -0.15) is 0 Å². The van der Waals surface area contributed by atoms with Crippen LogP contribution in [0.2, 0.25) is 0 Å². The summed E-state index contributed by atoms with van der Waals surface area (Å²) >= 11 is 0. The van der Waals surface area contributed by atoms with E-state index in [0.29, 0.717) is 18.4 Å². The number of nitrogens with zero attached hydrogens (tertiary/aromatic N) is 1. The Labute approximate surface area is 86.6 Å². The third-order valence-corrected chi connectivity index (χ3v) is 2.04. The van der Waals surface area contributed by atoms with Crippen LogP contribution in [0.1, 0.15) is 40.5 Å². The zero-order chi connectivity index (χ0) is 11.1. The second-order valence-electron chi connectivity index (χ2n) is 4.39. The van der Waals surface area contributed by atoms with Gasteiger partial charge in [0.15, 0.2) is 0 Å². The number of hydrogen-bond acceptors (Lipinski definition) is 3. The van der Waals surface area contributed by atoms with Crippen molar-refractivity contribution in [2.24, 2.45) is 16.8 Å². The molecule has 4 N–H and O–H groups in total. The Morgan fingerprint density at radius 3 is 2.29 bits per heavy atom. The van der Waals surface area contributed by atoms with Crippen molar-refractivity contribution in [3.8, 4) is 0 Å². The SMILES string of the molecule is CC(C)CC(C)NC(C)CC(N)=NO. The molecule has 0 aromatic rings. The van der Waals surface area contributed by atoms with Crippen LogP contribution in [0.15, 0.2) is 5.16 Å². The Kier molecular flexibility index (Phi) is 6.28. The van der Waals surface area contributed by atoms with Crippen molar-refractivity contribution in [1.82, 2.24) is 5.32 Å². The molecule has 0 fully saturated rings. The van der Waals surface area contributed by atoms with Gasteiger partial charge in [-0.3, -0.25) is 0 Å². The highest BCUT2D eigenvalue weighted by molar-refractivity contribution is 5.80. The summed E-state index contributed by atoms with van der Waals surface area (Å²) in [7, 11) is 0. The van der Waals surface area contributed by atoms with Crippen molar-refractivity contribution in [2.45, 2.75) is 52.6 Å². The zero-order valence-electron chi connectivity index (χ0n) is 9.62. The van der Waals surface area contributed by atoms with Gasteiger partial charge in [0.25, 0.3) is 0 Å². The fourth-order valence-corrected chi connectivity index (χ4v) is 1.67. The fraction of sp³-hybridized carbons (Fsp3) is 0.900. The molecule has 2 unspecified atom stereocenters. The summed E-state index contributed by atoms with van der Waals surface area (Å²) in [6.07, 6.45) is 1.72. The summed E-state index contributed by atoms with van der Waals surface area (Å²) in [5.41, 5.74) is 5.41. The number of rotatable bonds is 6. The average molecular weight is 201 g/mol. The first-order chi connectivity index (χ1) is 6.45. The molecule has 0 radical (unpaired) electrons. The van der Waals surface area contributed by atoms with Crippen LogP contribution >= 0.6 is 0 Å². The molecule has 14 heavy (non-hydrogen) atoms. The second kappa shape index (κ2) is 6.65. The van der Waals surface area contributed by atoms with Crippen LogP contribution in [0.5, 0.6) is 0 Å². The molecule has 4 heteroatoms. The minimum absolute atomic E-state index is 0.250. The third-order valence-electron chi connectivity index (χ3n) is 2.04. The lowest BCUT2D eigenvalue weighted by Crippen LogP contribution is -2.37. The standard InChI is InChI=1S/C10H23N3O/c1-7(2)5-8(3)12-9(4)6-10(11)13-14/h7-9,12,14H,5-6H2,1-4H3,(H2,11,13). The summed E-state index contributed by atoms with van der Waals surface area (Å²) < 4.78 is 0. The minimum atomic E-state index is 0.250. The predicted molar refractivity (Wildman–Crippen MR) is 59.5 cm³/mol. The topological polar surface area (TPSA) is 70.6 Å². The van der Waals surface area contributed by atoms with Crippen LogP contribution in [0.4, 0.5) is 0 Å². The van der Waals surface area contributed by atoms with Gasteiger partial charge in [0, 0.05) is 18.5 Å². The van der Waals surface area contributed by atoms with E-state index >= 15 is 0 Å². The molecule has 0 aromatic heterocycles. The van der Waals surface area contributed by atoms with Crippen LogP contribution < -0.4 is 11.1 Å². The van der Waals surface area contributed by atoms with Gasteiger partial charge >= 0.3 is 0 Å². The molecular formula is C10H23N3O. The number of oxime groups is 1. The smallest absolute Gasteiger partial charge is 0.140 e. The lowest BCUT2D eigenvalue weighted by molar-refractivity contribution is 0.315. The maximum absolute atomic E-state index is 8.40. The van der Waals surface area contributed by atoms with E-state index in [1.165, 1.54) is 0 Å². The van der Waals surface area contributed by atoms with E-state index in [0.717, 1.165) is 6.42 Å². The third kappa shape index (κ3) is 6.71. The molecule has 0 aromatic carbocycles. The Bertz CT molecular complexity index is 180. The van der Waals surface area contributed by atoms with E-state index in [9.17, 15) is 0 Å². The highest BCUT2D eigenvalue weighted by atomic mass is 16.4. The molecule has 0 heterocycles. The predicted octanol–water partition coefficient (Wildman–Crippen LogP) is 1.54. The van der Waals surface area contributed by atoms with Crippen molar-refractivity contribution >= 4 is 5.84 Å². The Morgan fingerprint density at radius 1 is 1.29 bits per heavy atom. The second-order valence-corrected chi connectivity index (χ2v) is 4.39.